The van der Waals surface area contributed by atoms with E-state index in [1.165, 1.54) is 225 Å². The number of ether oxygens (including phenoxy) is 12. The molecule has 2 saturated heterocycles. The van der Waals surface area contributed by atoms with E-state index in [0.717, 1.165) is 138 Å². The van der Waals surface area contributed by atoms with E-state index >= 15 is 0 Å². The van der Waals surface area contributed by atoms with E-state index in [1.807, 2.05) is 13.8 Å². The second kappa shape index (κ2) is 60.2. The maximum atomic E-state index is 6.04. The lowest BCUT2D eigenvalue weighted by Gasteiger charge is -2.56. The first-order chi connectivity index (χ1) is 54.7. The van der Waals surface area contributed by atoms with Crippen molar-refractivity contribution in [2.75, 3.05) is 66.1 Å². The van der Waals surface area contributed by atoms with E-state index in [9.17, 15) is 0 Å². The molecule has 0 spiro atoms. The van der Waals surface area contributed by atoms with Gasteiger partial charge in [0.1, 0.15) is 0 Å². The molecule has 692 valence electrons. The minimum atomic E-state index is 0.0220. The first-order valence-corrected chi connectivity index (χ1v) is 50.3. The van der Waals surface area contributed by atoms with E-state index < -0.39 is 0 Å². The number of hydrogen-bond donors (Lipinski definition) is 0. The second-order valence-corrected chi connectivity index (χ2v) is 43.8. The van der Waals surface area contributed by atoms with E-state index in [4.69, 9.17) is 56.8 Å². The van der Waals surface area contributed by atoms with Crippen LogP contribution in [0.5, 0.6) is 0 Å². The van der Waals surface area contributed by atoms with Crippen molar-refractivity contribution >= 4 is 0 Å². The smallest absolute Gasteiger partial charge is 0.0690 e. The van der Waals surface area contributed by atoms with Gasteiger partial charge in [0.15, 0.2) is 0 Å². The highest BCUT2D eigenvalue weighted by Crippen LogP contribution is 2.60. The van der Waals surface area contributed by atoms with Gasteiger partial charge in [-0.1, -0.05) is 98.8 Å². The molecule has 5 unspecified atom stereocenters. The van der Waals surface area contributed by atoms with Crippen molar-refractivity contribution in [1.29, 1.82) is 0 Å². The molecule has 10 bridgehead atoms. The third-order valence-electron chi connectivity index (χ3n) is 26.0. The number of rotatable bonds is 23. The molecule has 0 aromatic heterocycles. The Hall–Kier alpha value is -0.480. The molecule has 0 amide bonds. The zero-order valence-electron chi connectivity index (χ0n) is 82.7. The molecule has 0 radical (unpaired) electrons. The van der Waals surface area contributed by atoms with Gasteiger partial charge in [0, 0.05) is 52.9 Å². The molecular weight excluding hydrogens is 1440 g/mol. The topological polar surface area (TPSA) is 111 Å². The van der Waals surface area contributed by atoms with Gasteiger partial charge < -0.3 is 56.8 Å². The van der Waals surface area contributed by atoms with Crippen LogP contribution < -0.4 is 0 Å². The van der Waals surface area contributed by atoms with Crippen LogP contribution >= 0.6 is 0 Å². The average molecular weight is 1650 g/mol. The van der Waals surface area contributed by atoms with Crippen LogP contribution in [0.2, 0.25) is 0 Å². The molecule has 0 N–H and O–H groups in total. The van der Waals surface area contributed by atoms with Crippen molar-refractivity contribution in [1.82, 2.24) is 0 Å². The molecule has 14 aliphatic carbocycles. The van der Waals surface area contributed by atoms with Crippen molar-refractivity contribution in [3.63, 3.8) is 0 Å². The fraction of sp³-hybridized carbons (Fsp3) is 1.00. The standard InChI is InChI=1S/C13H22O.C12H20O.C10H20O.C9H16O.2C9H18O.C8H16O.2C8H18O.C7H16O.C6H12O.C5H10O/c1-2-14-9-13-6-10-3-11(7-13)5-12(4-10)8-13;1-2-13-12-6-9-3-10(7-12)5-11(4-9)8-12;1-9(2)11-8-10-6-4-3-5-7-10;1-2-10-9-6-7-3-4-8(9)5-7;1-8(2)10-7-9-5-3-4-6-9;1-8(2)10-9-6-4-3-5-7-9;1-7(2)9-8-5-3-4-6-8;1-7(2)9-6-8(3,4)5;1-6-8(4,5)9-7(2)3;1-6(2)8-7(3,4)5;1-6-4-2-3-5-7-6;1-5-2-3-6-4-5/h10-12H,2-9H2,1H3;9-11H,2-8H2,1H3;9-10H,3-8H2,1-2H3;7-9H,2-6H2,1H3;2*8-9H,3-7H2,1-2H3;7-8H,3-6H2,1-2H3;2*7H,6H2,1-5H3;6H,1-5H3;6H,2-5H2,1H3;5H,2-4H2,1H3. The number of hydrogen-bond acceptors (Lipinski definition) is 12. The Morgan fingerprint density at radius 1 is 0.388 bits per heavy atom. The first-order valence-electron chi connectivity index (χ1n) is 50.3. The summed E-state index contributed by atoms with van der Waals surface area (Å²) in [4.78, 5) is 0. The van der Waals surface area contributed by atoms with Gasteiger partial charge in [0.05, 0.1) is 97.2 Å². The van der Waals surface area contributed by atoms with Gasteiger partial charge in [-0.3, -0.25) is 0 Å². The normalized spacial score (nSPS) is 29.8. The molecule has 2 heterocycles. The molecule has 16 aliphatic rings. The zero-order valence-corrected chi connectivity index (χ0v) is 82.7. The van der Waals surface area contributed by atoms with E-state index in [1.54, 1.807) is 19.3 Å². The monoisotopic (exact) mass is 1650 g/mol. The lowest BCUT2D eigenvalue weighted by Crippen LogP contribution is -2.51. The molecular formula is C104H204O12. The molecule has 16 fully saturated rings. The zero-order chi connectivity index (χ0) is 86.3. The third kappa shape index (κ3) is 53.1. The first kappa shape index (κ1) is 110. The van der Waals surface area contributed by atoms with Crippen LogP contribution in [0.4, 0.5) is 0 Å². The molecule has 16 rings (SSSR count). The fourth-order valence-corrected chi connectivity index (χ4v) is 21.5. The molecule has 5 atom stereocenters. The summed E-state index contributed by atoms with van der Waals surface area (Å²) < 4.78 is 66.6. The molecule has 2 aliphatic heterocycles. The molecule has 0 aromatic rings. The summed E-state index contributed by atoms with van der Waals surface area (Å²) in [5.74, 6) is 10.8. The highest BCUT2D eigenvalue weighted by molar-refractivity contribution is 5.04. The van der Waals surface area contributed by atoms with Crippen LogP contribution in [-0.4, -0.2) is 150 Å². The predicted molar refractivity (Wildman–Crippen MR) is 494 cm³/mol. The molecule has 0 aromatic carbocycles. The minimum Gasteiger partial charge on any atom is -0.381 e. The highest BCUT2D eigenvalue weighted by Gasteiger charge is 2.52. The van der Waals surface area contributed by atoms with Crippen molar-refractivity contribution in [2.45, 2.75) is 528 Å². The van der Waals surface area contributed by atoms with E-state index in [0.29, 0.717) is 83.6 Å². The predicted octanol–water partition coefficient (Wildman–Crippen LogP) is 29.0. The van der Waals surface area contributed by atoms with Crippen LogP contribution in [-0.2, 0) is 56.8 Å². The maximum Gasteiger partial charge on any atom is 0.0690 e. The second-order valence-electron chi connectivity index (χ2n) is 43.8. The minimum absolute atomic E-state index is 0.0220. The van der Waals surface area contributed by atoms with Gasteiger partial charge >= 0.3 is 0 Å². The maximum absolute atomic E-state index is 6.04. The summed E-state index contributed by atoms with van der Waals surface area (Å²) in [6.45, 7) is 68.7. The Labute approximate surface area is 723 Å². The fourth-order valence-electron chi connectivity index (χ4n) is 21.5. The summed E-state index contributed by atoms with van der Waals surface area (Å²) in [5, 5.41) is 0. The Morgan fingerprint density at radius 3 is 1.09 bits per heavy atom. The largest absolute Gasteiger partial charge is 0.381 e. The summed E-state index contributed by atoms with van der Waals surface area (Å²) in [6, 6.07) is 0. The van der Waals surface area contributed by atoms with Gasteiger partial charge in [0.25, 0.3) is 0 Å². The van der Waals surface area contributed by atoms with Crippen LogP contribution in [0, 0.1) is 75.9 Å². The summed E-state index contributed by atoms with van der Waals surface area (Å²) in [5.41, 5.74) is 1.38. The Bertz CT molecular complexity index is 2190. The molecule has 116 heavy (non-hydrogen) atoms. The lowest BCUT2D eigenvalue weighted by atomic mass is 9.50. The Morgan fingerprint density at radius 2 is 0.819 bits per heavy atom. The van der Waals surface area contributed by atoms with Gasteiger partial charge in [-0.25, -0.2) is 0 Å². The third-order valence-corrected chi connectivity index (χ3v) is 26.0. The van der Waals surface area contributed by atoms with Crippen molar-refractivity contribution in [3.8, 4) is 0 Å². The van der Waals surface area contributed by atoms with Gasteiger partial charge in [-0.2, -0.15) is 0 Å². The molecule has 12 nitrogen and oxygen atoms in total. The van der Waals surface area contributed by atoms with Crippen LogP contribution in [0.3, 0.4) is 0 Å². The van der Waals surface area contributed by atoms with Crippen LogP contribution in [0.1, 0.15) is 444 Å². The Balaban J connectivity index is 0.000000329. The highest BCUT2D eigenvalue weighted by atomic mass is 16.5. The average Bonchev–Trinajstić information content (AvgIpc) is 0.804. The van der Waals surface area contributed by atoms with E-state index in [-0.39, 0.29) is 11.2 Å². The summed E-state index contributed by atoms with van der Waals surface area (Å²) >= 11 is 0. The summed E-state index contributed by atoms with van der Waals surface area (Å²) in [6.07, 6.45) is 59.6. The SMILES string of the molecule is CC(C)OC(C)(C)C.CC(C)OC1CCCC1.CC(C)OC1CCCCC1.CC(C)OCC(C)(C)C.CC(C)OCC1CCCC1.CC(C)OCC1CCCCC1.CC1CCCCO1.CC1CCOC1.CCC(C)(C)OC(C)C.CCOC12CC3CC(CC(C3)C1)C2.CCOC1CC2CCC1C2.CCOCC12CC3CC(CC(C3)C1)C2. The quantitative estimate of drug-likeness (QED) is 0.0971. The van der Waals surface area contributed by atoms with Crippen molar-refractivity contribution in [2.24, 2.45) is 75.9 Å². The van der Waals surface area contributed by atoms with Crippen molar-refractivity contribution < 1.29 is 56.8 Å². The Kier molecular flexibility index (Phi) is 57.0. The van der Waals surface area contributed by atoms with Crippen LogP contribution in [0.25, 0.3) is 0 Å². The van der Waals surface area contributed by atoms with Crippen LogP contribution in [0.15, 0.2) is 0 Å². The summed E-state index contributed by atoms with van der Waals surface area (Å²) in [7, 11) is 0. The lowest BCUT2D eigenvalue weighted by molar-refractivity contribution is -0.159. The van der Waals surface area contributed by atoms with Gasteiger partial charge in [0.2, 0.25) is 0 Å². The van der Waals surface area contributed by atoms with E-state index in [2.05, 4.69) is 180 Å². The molecule has 14 saturated carbocycles. The van der Waals surface area contributed by atoms with Crippen molar-refractivity contribution in [3.05, 3.63) is 0 Å². The molecule has 12 heteroatoms. The van der Waals surface area contributed by atoms with Gasteiger partial charge in [-0.05, 0) is 421 Å². The van der Waals surface area contributed by atoms with Gasteiger partial charge in [-0.15, -0.1) is 0 Å². The number of fused-ring (bicyclic) bond motifs is 2.